The van der Waals surface area contributed by atoms with E-state index in [1.165, 1.54) is 0 Å². The maximum atomic E-state index is 10.2. The summed E-state index contributed by atoms with van der Waals surface area (Å²) in [7, 11) is 4.96. The highest BCUT2D eigenvalue weighted by atomic mass is 16.5. The molecule has 0 radical (unpaired) electrons. The molecule has 2 aliphatic heterocycles. The van der Waals surface area contributed by atoms with Gasteiger partial charge < -0.3 is 48.5 Å². The minimum absolute atomic E-state index is 0.0366. The number of hydrogen-bond donors (Lipinski definition) is 2. The molecule has 10 heteroatoms. The monoisotopic (exact) mass is 574 g/mol. The molecule has 4 atom stereocenters. The first kappa shape index (κ1) is 31.5. The van der Waals surface area contributed by atoms with Gasteiger partial charge >= 0.3 is 0 Å². The van der Waals surface area contributed by atoms with E-state index < -0.39 is 6.10 Å². The maximum absolute atomic E-state index is 10.2. The normalized spacial score (nSPS) is 21.3. The van der Waals surface area contributed by atoms with Crippen molar-refractivity contribution >= 4 is 5.69 Å². The summed E-state index contributed by atoms with van der Waals surface area (Å²) in [5.74, 6) is 1.66. The van der Waals surface area contributed by atoms with Crippen LogP contribution in [0.3, 0.4) is 0 Å². The van der Waals surface area contributed by atoms with Crippen molar-refractivity contribution in [2.75, 3.05) is 92.0 Å². The summed E-state index contributed by atoms with van der Waals surface area (Å²) in [6.45, 7) is 6.43. The Labute approximate surface area is 243 Å². The minimum atomic E-state index is -0.692. The summed E-state index contributed by atoms with van der Waals surface area (Å²) in [4.78, 5) is 2.36. The number of hydrogen-bond acceptors (Lipinski definition) is 10. The zero-order valence-electron chi connectivity index (χ0n) is 24.6. The molecule has 2 aromatic rings. The van der Waals surface area contributed by atoms with E-state index in [0.717, 1.165) is 54.4 Å². The van der Waals surface area contributed by atoms with E-state index in [4.69, 9.17) is 33.2 Å². The van der Waals surface area contributed by atoms with Gasteiger partial charge in [-0.1, -0.05) is 18.2 Å². The second-order valence-corrected chi connectivity index (χ2v) is 10.4. The maximum Gasteiger partial charge on any atom is 0.142 e. The fraction of sp³-hybridized carbons (Fsp3) is 0.613. The van der Waals surface area contributed by atoms with Gasteiger partial charge in [-0.05, 0) is 41.8 Å². The average Bonchev–Trinajstić information content (AvgIpc) is 3.00. The van der Waals surface area contributed by atoms with E-state index in [-0.39, 0.29) is 31.3 Å². The van der Waals surface area contributed by atoms with Crippen LogP contribution in [0.15, 0.2) is 42.5 Å². The fourth-order valence-electron chi connectivity index (χ4n) is 5.36. The molecule has 2 aromatic carbocycles. The van der Waals surface area contributed by atoms with E-state index in [2.05, 4.69) is 34.5 Å². The molecule has 1 fully saturated rings. The molecule has 0 aliphatic carbocycles. The molecule has 2 aliphatic rings. The van der Waals surface area contributed by atoms with Gasteiger partial charge in [0.25, 0.3) is 0 Å². The van der Waals surface area contributed by atoms with Crippen LogP contribution in [-0.4, -0.2) is 111 Å². The highest BCUT2D eigenvalue weighted by molar-refractivity contribution is 5.61. The summed E-state index contributed by atoms with van der Waals surface area (Å²) < 4.78 is 39.9. The average molecular weight is 575 g/mol. The van der Waals surface area contributed by atoms with Gasteiger partial charge in [0.1, 0.15) is 30.8 Å². The van der Waals surface area contributed by atoms with Crippen molar-refractivity contribution in [3.05, 3.63) is 53.6 Å². The zero-order valence-corrected chi connectivity index (χ0v) is 24.6. The Morgan fingerprint density at radius 3 is 2.46 bits per heavy atom. The van der Waals surface area contributed by atoms with Crippen LogP contribution in [0.4, 0.5) is 5.69 Å². The third-order valence-electron chi connectivity index (χ3n) is 7.40. The third kappa shape index (κ3) is 9.27. The summed E-state index contributed by atoms with van der Waals surface area (Å²) in [5, 5.41) is 13.7. The number of anilines is 1. The second-order valence-electron chi connectivity index (χ2n) is 10.4. The molecule has 0 amide bonds. The van der Waals surface area contributed by atoms with Crippen molar-refractivity contribution in [2.24, 2.45) is 0 Å². The fourth-order valence-corrected chi connectivity index (χ4v) is 5.36. The molecule has 0 spiro atoms. The van der Waals surface area contributed by atoms with Crippen LogP contribution in [0.5, 0.6) is 11.5 Å². The number of nitrogens with one attached hydrogen (secondary N) is 1. The van der Waals surface area contributed by atoms with Crippen LogP contribution in [0, 0.1) is 0 Å². The number of rotatable bonds is 17. The largest absolute Gasteiger partial charge is 0.491 e. The molecule has 2 N–H and O–H groups in total. The van der Waals surface area contributed by atoms with Crippen LogP contribution in [-0.2, 0) is 30.3 Å². The van der Waals surface area contributed by atoms with Crippen molar-refractivity contribution < 1.29 is 38.3 Å². The predicted molar refractivity (Wildman–Crippen MR) is 156 cm³/mol. The summed E-state index contributed by atoms with van der Waals surface area (Å²) in [6.07, 6.45) is -0.0570. The number of ether oxygens (including phenoxy) is 7. The minimum Gasteiger partial charge on any atom is -0.491 e. The van der Waals surface area contributed by atoms with E-state index in [9.17, 15) is 5.11 Å². The Morgan fingerprint density at radius 1 is 0.927 bits per heavy atom. The topological polar surface area (TPSA) is 100 Å². The van der Waals surface area contributed by atoms with Crippen molar-refractivity contribution in [1.29, 1.82) is 0 Å². The van der Waals surface area contributed by atoms with Gasteiger partial charge in [0.15, 0.2) is 0 Å². The number of piperidine rings is 1. The van der Waals surface area contributed by atoms with Gasteiger partial charge in [-0.15, -0.1) is 0 Å². The smallest absolute Gasteiger partial charge is 0.142 e. The van der Waals surface area contributed by atoms with Crippen LogP contribution < -0.4 is 19.7 Å². The molecular weight excluding hydrogens is 528 g/mol. The lowest BCUT2D eigenvalue weighted by molar-refractivity contribution is -0.0856. The van der Waals surface area contributed by atoms with Gasteiger partial charge in [0, 0.05) is 53.5 Å². The van der Waals surface area contributed by atoms with E-state index in [1.807, 2.05) is 18.2 Å². The Morgan fingerprint density at radius 2 is 1.71 bits per heavy atom. The van der Waals surface area contributed by atoms with Crippen LogP contribution >= 0.6 is 0 Å². The van der Waals surface area contributed by atoms with Crippen molar-refractivity contribution in [1.82, 2.24) is 5.32 Å². The zero-order chi connectivity index (χ0) is 28.9. The van der Waals surface area contributed by atoms with Crippen LogP contribution in [0.2, 0.25) is 0 Å². The van der Waals surface area contributed by atoms with E-state index >= 15 is 0 Å². The molecule has 0 saturated carbocycles. The van der Waals surface area contributed by atoms with Gasteiger partial charge in [-0.2, -0.15) is 0 Å². The summed E-state index contributed by atoms with van der Waals surface area (Å²) in [6, 6.07) is 14.4. The van der Waals surface area contributed by atoms with Crippen LogP contribution in [0.1, 0.15) is 23.5 Å². The summed E-state index contributed by atoms with van der Waals surface area (Å²) >= 11 is 0. The van der Waals surface area contributed by atoms with Gasteiger partial charge in [-0.25, -0.2) is 0 Å². The number of aliphatic hydroxyl groups is 1. The number of methoxy groups -OCH3 is 3. The Kier molecular flexibility index (Phi) is 13.0. The first-order chi connectivity index (χ1) is 20.1. The van der Waals surface area contributed by atoms with Crippen molar-refractivity contribution in [3.8, 4) is 11.5 Å². The Balaban J connectivity index is 1.47. The molecule has 10 nitrogen and oxygen atoms in total. The van der Waals surface area contributed by atoms with Crippen LogP contribution in [0.25, 0.3) is 0 Å². The van der Waals surface area contributed by atoms with Crippen molar-refractivity contribution in [3.63, 3.8) is 0 Å². The molecular formula is C31H46N2O8. The Bertz CT molecular complexity index is 1020. The van der Waals surface area contributed by atoms with E-state index in [0.29, 0.717) is 39.5 Å². The molecule has 0 aromatic heterocycles. The molecule has 1 saturated heterocycles. The molecule has 41 heavy (non-hydrogen) atoms. The lowest BCUT2D eigenvalue weighted by atomic mass is 9.85. The predicted octanol–water partition coefficient (Wildman–Crippen LogP) is 2.61. The third-order valence-corrected chi connectivity index (χ3v) is 7.40. The van der Waals surface area contributed by atoms with Gasteiger partial charge in [0.2, 0.25) is 0 Å². The molecule has 2 heterocycles. The first-order valence-corrected chi connectivity index (χ1v) is 14.4. The number of nitrogens with zero attached hydrogens (tertiary/aromatic N) is 1. The lowest BCUT2D eigenvalue weighted by Crippen LogP contribution is -2.51. The van der Waals surface area contributed by atoms with Crippen molar-refractivity contribution in [2.45, 2.75) is 37.3 Å². The Hall–Kier alpha value is -2.44. The number of aliphatic hydroxyl groups excluding tert-OH is 1. The SMILES string of the molecule is COCCCN1CCOc2ccc(CO[C@H]3CNC[C@@H](OCC(O)COC)[C@@H]3c3ccc(OCCOC)cc3)cc21. The van der Waals surface area contributed by atoms with Gasteiger partial charge in [-0.3, -0.25) is 0 Å². The number of fused-ring (bicyclic) bond motifs is 1. The lowest BCUT2D eigenvalue weighted by Gasteiger charge is -2.39. The first-order valence-electron chi connectivity index (χ1n) is 14.4. The highest BCUT2D eigenvalue weighted by Crippen LogP contribution is 2.35. The summed E-state index contributed by atoms with van der Waals surface area (Å²) in [5.41, 5.74) is 3.29. The molecule has 1 unspecified atom stereocenters. The molecule has 4 rings (SSSR count). The standard InChI is InChI=1S/C31H46N2O8/c1-35-13-4-11-33-12-14-39-28-10-5-23(17-27(28)33)20-40-29-18-32-19-30(41-22-25(34)21-37-3)31(29)24-6-8-26(9-7-24)38-16-15-36-2/h5-10,17,25,29-32,34H,4,11-16,18-22H2,1-3H3/t25?,29-,30+,31+/m0/s1. The molecule has 228 valence electrons. The quantitative estimate of drug-likeness (QED) is 0.274. The van der Waals surface area contributed by atoms with E-state index in [1.54, 1.807) is 21.3 Å². The number of benzene rings is 2. The highest BCUT2D eigenvalue weighted by Gasteiger charge is 2.36. The molecule has 0 bridgehead atoms. The van der Waals surface area contributed by atoms with Gasteiger partial charge in [0.05, 0.1) is 50.9 Å². The second kappa shape index (κ2) is 16.9.